The zero-order valence-corrected chi connectivity index (χ0v) is 12.6. The molecule has 1 aliphatic carbocycles. The lowest BCUT2D eigenvalue weighted by molar-refractivity contribution is 0.0572. The molecular weight excluding hydrogens is 256 g/mol. The summed E-state index contributed by atoms with van der Waals surface area (Å²) in [7, 11) is 1.65. The van der Waals surface area contributed by atoms with Crippen molar-refractivity contribution in [1.82, 2.24) is 9.55 Å². The number of hydrogen-bond acceptors (Lipinski definition) is 4. The highest BCUT2D eigenvalue weighted by molar-refractivity contribution is 5.96. The standard InChI is InChI=1S/C15H24N2O3/c1-4-17-12-6-5-11(2)9-13(18)15(12)16-14(17)10-20-8-7-19-3/h11H,4-10H2,1-3H3/t11-/m0/s1. The molecule has 2 rings (SSSR count). The van der Waals surface area contributed by atoms with Gasteiger partial charge in [0, 0.05) is 25.8 Å². The smallest absolute Gasteiger partial charge is 0.183 e. The Morgan fingerprint density at radius 3 is 2.90 bits per heavy atom. The summed E-state index contributed by atoms with van der Waals surface area (Å²) < 4.78 is 12.6. The highest BCUT2D eigenvalue weighted by atomic mass is 16.5. The fourth-order valence-electron chi connectivity index (χ4n) is 2.70. The van der Waals surface area contributed by atoms with Crippen LogP contribution in [0.4, 0.5) is 0 Å². The van der Waals surface area contributed by atoms with Crippen molar-refractivity contribution in [2.75, 3.05) is 20.3 Å². The molecule has 0 bridgehead atoms. The summed E-state index contributed by atoms with van der Waals surface area (Å²) >= 11 is 0. The van der Waals surface area contributed by atoms with Crippen molar-refractivity contribution in [1.29, 1.82) is 0 Å². The minimum Gasteiger partial charge on any atom is -0.382 e. The van der Waals surface area contributed by atoms with E-state index in [1.54, 1.807) is 7.11 Å². The predicted octanol–water partition coefficient (Wildman–Crippen LogP) is 2.22. The minimum absolute atomic E-state index is 0.176. The molecule has 0 saturated carbocycles. The van der Waals surface area contributed by atoms with Crippen LogP contribution in [-0.4, -0.2) is 35.7 Å². The molecule has 0 unspecified atom stereocenters. The lowest BCUT2D eigenvalue weighted by atomic mass is 10.0. The molecule has 0 aromatic carbocycles. The van der Waals surface area contributed by atoms with Gasteiger partial charge in [-0.05, 0) is 25.7 Å². The van der Waals surface area contributed by atoms with E-state index in [0.29, 0.717) is 37.9 Å². The van der Waals surface area contributed by atoms with E-state index in [4.69, 9.17) is 9.47 Å². The van der Waals surface area contributed by atoms with Gasteiger partial charge < -0.3 is 14.0 Å². The van der Waals surface area contributed by atoms with Gasteiger partial charge in [0.15, 0.2) is 5.78 Å². The summed E-state index contributed by atoms with van der Waals surface area (Å²) in [4.78, 5) is 16.8. The van der Waals surface area contributed by atoms with Gasteiger partial charge in [-0.3, -0.25) is 4.79 Å². The second-order valence-corrected chi connectivity index (χ2v) is 5.38. The number of imidazole rings is 1. The number of carbonyl (C=O) groups excluding carboxylic acids is 1. The van der Waals surface area contributed by atoms with Crippen LogP contribution in [0.15, 0.2) is 0 Å². The van der Waals surface area contributed by atoms with Crippen LogP contribution in [0.25, 0.3) is 0 Å². The molecule has 0 N–H and O–H groups in total. The summed E-state index contributed by atoms with van der Waals surface area (Å²) in [5.74, 6) is 1.48. The van der Waals surface area contributed by atoms with Crippen molar-refractivity contribution in [2.24, 2.45) is 5.92 Å². The molecule has 0 aliphatic heterocycles. The first kappa shape index (κ1) is 15.2. The van der Waals surface area contributed by atoms with E-state index >= 15 is 0 Å². The molecule has 1 aliphatic rings. The largest absolute Gasteiger partial charge is 0.382 e. The maximum atomic E-state index is 12.2. The molecule has 1 aromatic heterocycles. The molecule has 0 saturated heterocycles. The molecule has 20 heavy (non-hydrogen) atoms. The second-order valence-electron chi connectivity index (χ2n) is 5.38. The number of methoxy groups -OCH3 is 1. The average Bonchev–Trinajstić information content (AvgIpc) is 2.72. The Kier molecular flexibility index (Phi) is 5.31. The maximum absolute atomic E-state index is 12.2. The van der Waals surface area contributed by atoms with E-state index in [-0.39, 0.29) is 5.78 Å². The summed E-state index contributed by atoms with van der Waals surface area (Å²) in [5.41, 5.74) is 1.76. The quantitative estimate of drug-likeness (QED) is 0.592. The van der Waals surface area contributed by atoms with Crippen molar-refractivity contribution in [3.63, 3.8) is 0 Å². The maximum Gasteiger partial charge on any atom is 0.183 e. The number of ketones is 1. The van der Waals surface area contributed by atoms with E-state index in [1.807, 2.05) is 0 Å². The lowest BCUT2D eigenvalue weighted by Crippen LogP contribution is -2.10. The van der Waals surface area contributed by atoms with Crippen molar-refractivity contribution >= 4 is 5.78 Å². The molecule has 0 amide bonds. The summed E-state index contributed by atoms with van der Waals surface area (Å²) in [5, 5.41) is 0. The molecular formula is C15H24N2O3. The normalized spacial score (nSPS) is 18.9. The fraction of sp³-hybridized carbons (Fsp3) is 0.733. The van der Waals surface area contributed by atoms with Gasteiger partial charge in [0.05, 0.1) is 13.2 Å². The lowest BCUT2D eigenvalue weighted by Gasteiger charge is -2.10. The van der Waals surface area contributed by atoms with Crippen LogP contribution >= 0.6 is 0 Å². The highest BCUT2D eigenvalue weighted by Crippen LogP contribution is 2.25. The third-order valence-corrected chi connectivity index (χ3v) is 3.80. The molecule has 5 heteroatoms. The van der Waals surface area contributed by atoms with Crippen LogP contribution < -0.4 is 0 Å². The van der Waals surface area contributed by atoms with Gasteiger partial charge in [-0.15, -0.1) is 0 Å². The zero-order chi connectivity index (χ0) is 14.5. The monoisotopic (exact) mass is 280 g/mol. The molecule has 1 aromatic rings. The van der Waals surface area contributed by atoms with E-state index in [2.05, 4.69) is 23.4 Å². The van der Waals surface area contributed by atoms with E-state index < -0.39 is 0 Å². The van der Waals surface area contributed by atoms with Crippen molar-refractivity contribution in [3.8, 4) is 0 Å². The molecule has 112 valence electrons. The fourth-order valence-corrected chi connectivity index (χ4v) is 2.70. The number of hydrogen-bond donors (Lipinski definition) is 0. The van der Waals surface area contributed by atoms with Crippen LogP contribution in [0.5, 0.6) is 0 Å². The zero-order valence-electron chi connectivity index (χ0n) is 12.6. The Morgan fingerprint density at radius 2 is 2.20 bits per heavy atom. The van der Waals surface area contributed by atoms with Gasteiger partial charge in [-0.25, -0.2) is 4.98 Å². The van der Waals surface area contributed by atoms with Gasteiger partial charge in [0.25, 0.3) is 0 Å². The van der Waals surface area contributed by atoms with Gasteiger partial charge in [-0.1, -0.05) is 6.92 Å². The number of carbonyl (C=O) groups is 1. The highest BCUT2D eigenvalue weighted by Gasteiger charge is 2.26. The van der Waals surface area contributed by atoms with E-state index in [1.165, 1.54) is 0 Å². The first-order valence-electron chi connectivity index (χ1n) is 7.35. The molecule has 0 radical (unpaired) electrons. The Hall–Kier alpha value is -1.20. The third kappa shape index (κ3) is 3.27. The second kappa shape index (κ2) is 6.99. The molecule has 0 fully saturated rings. The Bertz CT molecular complexity index is 468. The number of ether oxygens (including phenoxy) is 2. The van der Waals surface area contributed by atoms with E-state index in [9.17, 15) is 4.79 Å². The number of nitrogens with zero attached hydrogens (tertiary/aromatic N) is 2. The molecule has 5 nitrogen and oxygen atoms in total. The Balaban J connectivity index is 2.17. The molecule has 0 spiro atoms. The van der Waals surface area contributed by atoms with Crippen LogP contribution in [0.3, 0.4) is 0 Å². The van der Waals surface area contributed by atoms with Crippen molar-refractivity contribution in [2.45, 2.75) is 46.3 Å². The van der Waals surface area contributed by atoms with Gasteiger partial charge in [0.1, 0.15) is 18.1 Å². The first-order chi connectivity index (χ1) is 9.67. The number of fused-ring (bicyclic) bond motifs is 1. The topological polar surface area (TPSA) is 53.4 Å². The Morgan fingerprint density at radius 1 is 1.40 bits per heavy atom. The first-order valence-corrected chi connectivity index (χ1v) is 7.35. The van der Waals surface area contributed by atoms with Crippen LogP contribution in [0.2, 0.25) is 0 Å². The molecule has 1 atom stereocenters. The Labute approximate surface area is 120 Å². The summed E-state index contributed by atoms with van der Waals surface area (Å²) in [6.07, 6.45) is 2.59. The summed E-state index contributed by atoms with van der Waals surface area (Å²) in [6, 6.07) is 0. The van der Waals surface area contributed by atoms with Crippen LogP contribution in [0, 0.1) is 5.92 Å². The number of rotatable bonds is 6. The van der Waals surface area contributed by atoms with Gasteiger partial charge >= 0.3 is 0 Å². The number of aromatic nitrogens is 2. The third-order valence-electron chi connectivity index (χ3n) is 3.80. The minimum atomic E-state index is 0.176. The molecule has 1 heterocycles. The van der Waals surface area contributed by atoms with Crippen LogP contribution in [0.1, 0.15) is 48.7 Å². The average molecular weight is 280 g/mol. The van der Waals surface area contributed by atoms with Crippen molar-refractivity contribution in [3.05, 3.63) is 17.2 Å². The van der Waals surface area contributed by atoms with Crippen LogP contribution in [-0.2, 0) is 29.0 Å². The van der Waals surface area contributed by atoms with Gasteiger partial charge in [0.2, 0.25) is 0 Å². The predicted molar refractivity (Wildman–Crippen MR) is 75.9 cm³/mol. The van der Waals surface area contributed by atoms with Gasteiger partial charge in [-0.2, -0.15) is 0 Å². The summed E-state index contributed by atoms with van der Waals surface area (Å²) in [6.45, 7) is 6.60. The SMILES string of the molecule is CCn1c(COCCOC)nc2c1CC[C@H](C)CC2=O. The number of Topliss-reactive ketones (excluding diaryl/α,β-unsaturated/α-hetero) is 1. The van der Waals surface area contributed by atoms with E-state index in [0.717, 1.165) is 30.9 Å². The van der Waals surface area contributed by atoms with Crippen molar-refractivity contribution < 1.29 is 14.3 Å².